The normalized spacial score (nSPS) is 14.4. The molecular formula is C60H65N12O11S. The average Bonchev–Trinajstić information content (AvgIpc) is 1.24. The molecule has 23 nitrogen and oxygen atoms in total. The first kappa shape index (κ1) is 59.1. The number of piperidine rings is 1. The molecule has 2 aromatic carbocycles. The van der Waals surface area contributed by atoms with Gasteiger partial charge < -0.3 is 70.1 Å². The molecule has 9 N–H and O–H groups in total. The van der Waals surface area contributed by atoms with Crippen molar-refractivity contribution in [3.8, 4) is 28.2 Å². The van der Waals surface area contributed by atoms with E-state index in [-0.39, 0.29) is 74.3 Å². The van der Waals surface area contributed by atoms with Gasteiger partial charge in [0.15, 0.2) is 10.5 Å². The number of benzene rings is 3. The summed E-state index contributed by atoms with van der Waals surface area (Å²) in [5.74, 6) is -3.45. The lowest BCUT2D eigenvalue weighted by Crippen LogP contribution is -2.63. The van der Waals surface area contributed by atoms with Crippen LogP contribution in [0.3, 0.4) is 0 Å². The van der Waals surface area contributed by atoms with Gasteiger partial charge in [0.2, 0.25) is 5.91 Å². The summed E-state index contributed by atoms with van der Waals surface area (Å²) in [5, 5.41) is 56.2. The molecule has 9 rings (SSSR count). The third-order valence-corrected chi connectivity index (χ3v) is 15.1. The minimum Gasteiger partial charge on any atom is -0.508 e. The Balaban J connectivity index is 0.831. The van der Waals surface area contributed by atoms with Crippen LogP contribution in [0.5, 0.6) is 5.75 Å². The number of aromatic hydroxyl groups is 1. The molecule has 1 atom stereocenters. The smallest absolute Gasteiger partial charge is 0.336 e. The van der Waals surface area contributed by atoms with E-state index < -0.39 is 46.7 Å². The number of hydroxylamine groups is 2. The number of aryl methyl sites for hydroxylation is 4. The van der Waals surface area contributed by atoms with Crippen LogP contribution in [0.25, 0.3) is 33.4 Å². The van der Waals surface area contributed by atoms with E-state index in [1.165, 1.54) is 51.6 Å². The number of aromatic carboxylic acids is 1. The number of aromatic nitrogens is 4. The van der Waals surface area contributed by atoms with Gasteiger partial charge in [-0.3, -0.25) is 28.8 Å². The van der Waals surface area contributed by atoms with Gasteiger partial charge in [-0.25, -0.2) is 4.79 Å². The molecule has 1 aliphatic carbocycles. The number of nitrogens with one attached hydrogen (secondary N) is 7. The second kappa shape index (κ2) is 23.8. The molecule has 1 radical (unpaired) electrons. The molecule has 4 aromatic heterocycles. The predicted molar refractivity (Wildman–Crippen MR) is 320 cm³/mol. The van der Waals surface area contributed by atoms with Crippen molar-refractivity contribution < 1.29 is 48.6 Å². The number of phenols is 1. The molecule has 3 aliphatic rings. The summed E-state index contributed by atoms with van der Waals surface area (Å²) in [6, 6.07) is 20.0. The van der Waals surface area contributed by atoms with Crippen LogP contribution in [0.4, 0.5) is 22.7 Å². The monoisotopic (exact) mass is 1160 g/mol. The van der Waals surface area contributed by atoms with Gasteiger partial charge in [-0.15, -0.1) is 10.3 Å². The molecule has 0 spiro atoms. The van der Waals surface area contributed by atoms with Crippen LogP contribution < -0.4 is 42.6 Å². The van der Waals surface area contributed by atoms with Crippen LogP contribution in [-0.2, 0) is 38.2 Å². The largest absolute Gasteiger partial charge is 0.508 e. The first-order chi connectivity index (χ1) is 39.7. The van der Waals surface area contributed by atoms with Crippen molar-refractivity contribution in [1.82, 2.24) is 39.3 Å². The van der Waals surface area contributed by atoms with Crippen LogP contribution in [-0.4, -0.2) is 104 Å². The maximum atomic E-state index is 14.2. The fourth-order valence-electron chi connectivity index (χ4n) is 11.0. The number of amides is 5. The van der Waals surface area contributed by atoms with Crippen molar-refractivity contribution in [2.24, 2.45) is 28.2 Å². The number of carboxylic acids is 1. The first-order valence-corrected chi connectivity index (χ1v) is 27.4. The maximum absolute atomic E-state index is 14.2. The molecule has 437 valence electrons. The number of rotatable bonds is 18. The van der Waals surface area contributed by atoms with Crippen LogP contribution in [0, 0.1) is 0 Å². The molecular weight excluding hydrogens is 1100 g/mol. The summed E-state index contributed by atoms with van der Waals surface area (Å²) >= 11 is 5.61. The van der Waals surface area contributed by atoms with Crippen molar-refractivity contribution in [3.05, 3.63) is 148 Å². The molecule has 6 heterocycles. The SMILES string of the molecule is Cn1cccc1C(=O)Nc1cc(C(=O)Nc2cc(C(=O)Nc3cc(C(=O)NC(CCCCNC(=S)Nc4ccc(-c5c6ccc(=O)cc-6oc6cc(O)ccc56)c(C(=O)O)c4)C(=O)NC4CC(C)(C)N([O])C(C)(C)C4)n(C)c3)n(C)c2)n(C)c1. The van der Waals surface area contributed by atoms with E-state index in [9.17, 15) is 49.0 Å². The van der Waals surface area contributed by atoms with Gasteiger partial charge in [-0.1, -0.05) is 6.07 Å². The topological polar surface area (TPSA) is 300 Å². The molecule has 5 amide bonds. The van der Waals surface area contributed by atoms with E-state index in [1.807, 2.05) is 27.7 Å². The summed E-state index contributed by atoms with van der Waals surface area (Å²) in [7, 11) is 6.68. The number of carbonyl (C=O) groups is 6. The molecule has 1 unspecified atom stereocenters. The van der Waals surface area contributed by atoms with E-state index >= 15 is 0 Å². The van der Waals surface area contributed by atoms with Crippen LogP contribution in [0.15, 0.2) is 119 Å². The number of hydrogen-bond acceptors (Lipinski definition) is 11. The third kappa shape index (κ3) is 12.9. The Hall–Kier alpha value is -9.52. The molecule has 2 aliphatic heterocycles. The molecule has 24 heteroatoms. The maximum Gasteiger partial charge on any atom is 0.336 e. The molecule has 0 saturated carbocycles. The highest BCUT2D eigenvalue weighted by molar-refractivity contribution is 7.80. The highest BCUT2D eigenvalue weighted by Gasteiger charge is 2.47. The lowest BCUT2D eigenvalue weighted by molar-refractivity contribution is -0.290. The minimum absolute atomic E-state index is 0.0666. The Kier molecular flexibility index (Phi) is 16.7. The number of carbonyl (C=O) groups excluding carboxylic acids is 5. The summed E-state index contributed by atoms with van der Waals surface area (Å²) in [6.45, 7) is 7.65. The summed E-state index contributed by atoms with van der Waals surface area (Å²) in [4.78, 5) is 93.4. The number of unbranched alkanes of at least 4 members (excludes halogenated alkanes) is 1. The van der Waals surface area contributed by atoms with E-state index in [4.69, 9.17) is 16.6 Å². The van der Waals surface area contributed by atoms with Crippen molar-refractivity contribution in [3.63, 3.8) is 0 Å². The number of carboxylic acid groups (broad SMARTS) is 1. The van der Waals surface area contributed by atoms with Crippen molar-refractivity contribution in [2.75, 3.05) is 27.8 Å². The van der Waals surface area contributed by atoms with Gasteiger partial charge in [-0.05, 0) is 144 Å². The van der Waals surface area contributed by atoms with E-state index in [1.54, 1.807) is 105 Å². The van der Waals surface area contributed by atoms with Gasteiger partial charge in [0, 0.05) is 111 Å². The lowest BCUT2D eigenvalue weighted by Gasteiger charge is -2.50. The number of phenolic OH excluding ortho intramolecular Hbond substituents is 1. The number of hydrogen-bond donors (Lipinski definition) is 9. The molecule has 1 saturated heterocycles. The zero-order chi connectivity index (χ0) is 60.5. The van der Waals surface area contributed by atoms with Crippen molar-refractivity contribution >= 4 is 86.6 Å². The zero-order valence-corrected chi connectivity index (χ0v) is 48.3. The first-order valence-electron chi connectivity index (χ1n) is 27.0. The number of thiocarbonyl (C=S) groups is 1. The van der Waals surface area contributed by atoms with Crippen LogP contribution in [0.2, 0.25) is 0 Å². The van der Waals surface area contributed by atoms with E-state index in [0.29, 0.717) is 77.1 Å². The quantitative estimate of drug-likeness (QED) is 0.0225. The Morgan fingerprint density at radius 2 is 1.24 bits per heavy atom. The fourth-order valence-corrected chi connectivity index (χ4v) is 11.3. The van der Waals surface area contributed by atoms with Crippen molar-refractivity contribution in [2.45, 2.75) is 83.0 Å². The van der Waals surface area contributed by atoms with Gasteiger partial charge in [0.25, 0.3) is 23.6 Å². The summed E-state index contributed by atoms with van der Waals surface area (Å²) in [5.41, 5.74) is 2.10. The molecule has 6 aromatic rings. The Morgan fingerprint density at radius 1 is 0.667 bits per heavy atom. The minimum atomic E-state index is -1.22. The Morgan fingerprint density at radius 3 is 1.81 bits per heavy atom. The number of anilines is 4. The second-order valence-electron chi connectivity index (χ2n) is 22.4. The standard InChI is InChI=1S/C60H65N12O11S/c1-59(2)28-37(29-60(3,4)72(59)82)65-52(75)44(12-9-10-20-61-58(84)66-33-14-17-40(43(22-33)57(80)81)51-41-18-15-38(73)26-49(41)83-50-27-39(74)16-19-42(50)51)67-56(79)48-25-36(32-71(48)8)64-55(78)47-24-35(31-70(47)7)63-54(77)46-23-34(30-69(46)6)62-53(76)45-13-11-21-68(45)5/h11,13-19,21-27,30-32,37,44,73H,9-10,12,20,28-29H2,1-8H3,(H,62,76)(H,63,77)(H,64,78)(H,65,75)(H,67,79)(H,80,81)(H2,61,66,84). The fraction of sp³-hybridized carbons (Fsp3) is 0.300. The van der Waals surface area contributed by atoms with Crippen LogP contribution >= 0.6 is 12.2 Å². The van der Waals surface area contributed by atoms with Gasteiger partial charge in [0.1, 0.15) is 45.9 Å². The lowest BCUT2D eigenvalue weighted by atomic mass is 9.79. The van der Waals surface area contributed by atoms with Crippen LogP contribution in [0.1, 0.15) is 112 Å². The number of fused-ring (bicyclic) bond motifs is 2. The van der Waals surface area contributed by atoms with E-state index in [0.717, 1.165) is 5.06 Å². The highest BCUT2D eigenvalue weighted by atomic mass is 32.1. The van der Waals surface area contributed by atoms with Gasteiger partial charge in [0.05, 0.1) is 22.6 Å². The summed E-state index contributed by atoms with van der Waals surface area (Å²) in [6.07, 6.45) is 8.38. The molecule has 1 fully saturated rings. The van der Waals surface area contributed by atoms with Gasteiger partial charge >= 0.3 is 5.97 Å². The third-order valence-electron chi connectivity index (χ3n) is 14.9. The zero-order valence-electron chi connectivity index (χ0n) is 47.5. The predicted octanol–water partition coefficient (Wildman–Crippen LogP) is 7.82. The van der Waals surface area contributed by atoms with Gasteiger partial charge in [-0.2, -0.15) is 0 Å². The Bertz CT molecular complexity index is 3920. The summed E-state index contributed by atoms with van der Waals surface area (Å²) < 4.78 is 12.3. The second-order valence-corrected chi connectivity index (χ2v) is 22.8. The van der Waals surface area contributed by atoms with E-state index in [2.05, 4.69) is 37.2 Å². The molecule has 0 bridgehead atoms. The average molecular weight is 1160 g/mol. The Labute approximate surface area is 487 Å². The van der Waals surface area contributed by atoms with Crippen molar-refractivity contribution in [1.29, 1.82) is 0 Å². The molecule has 84 heavy (non-hydrogen) atoms. The highest BCUT2D eigenvalue weighted by Crippen LogP contribution is 2.43. The number of nitrogens with zero attached hydrogens (tertiary/aromatic N) is 5.